The molecular weight excluding hydrogens is 355 g/mol. The fourth-order valence-corrected chi connectivity index (χ4v) is 2.53. The lowest BCUT2D eigenvalue weighted by Crippen LogP contribution is -2.58. The molecule has 0 aromatic heterocycles. The van der Waals surface area contributed by atoms with Crippen LogP contribution in [0.25, 0.3) is 0 Å². The number of hydrogen-bond donors (Lipinski definition) is 1. The fraction of sp³-hybridized carbons (Fsp3) is 0.500. The standard InChI is InChI=1S/C14H19IN2O2/c1-10-11(2)17(8-7-16-10)14(18)9-19-13-5-3-12(15)4-6-13/h3-6,10-11,16H,7-9H2,1-2H3. The van der Waals surface area contributed by atoms with E-state index in [1.165, 1.54) is 0 Å². The summed E-state index contributed by atoms with van der Waals surface area (Å²) in [6.45, 7) is 5.88. The van der Waals surface area contributed by atoms with Gasteiger partial charge in [0.1, 0.15) is 5.75 Å². The van der Waals surface area contributed by atoms with Crippen LogP contribution in [0.15, 0.2) is 24.3 Å². The number of amides is 1. The van der Waals surface area contributed by atoms with E-state index in [1.807, 2.05) is 29.2 Å². The first-order valence-corrected chi connectivity index (χ1v) is 7.57. The maximum Gasteiger partial charge on any atom is 0.260 e. The number of carbonyl (C=O) groups excluding carboxylic acids is 1. The van der Waals surface area contributed by atoms with Gasteiger partial charge in [0.25, 0.3) is 5.91 Å². The molecule has 2 rings (SSSR count). The van der Waals surface area contributed by atoms with Gasteiger partial charge < -0.3 is 15.0 Å². The Morgan fingerprint density at radius 3 is 2.79 bits per heavy atom. The lowest BCUT2D eigenvalue weighted by molar-refractivity contribution is -0.137. The van der Waals surface area contributed by atoms with Crippen molar-refractivity contribution >= 4 is 28.5 Å². The highest BCUT2D eigenvalue weighted by Gasteiger charge is 2.28. The van der Waals surface area contributed by atoms with Crippen molar-refractivity contribution in [1.82, 2.24) is 10.2 Å². The second-order valence-electron chi connectivity index (χ2n) is 4.81. The molecule has 0 spiro atoms. The smallest absolute Gasteiger partial charge is 0.260 e. The predicted octanol–water partition coefficient (Wildman–Crippen LogP) is 1.88. The third kappa shape index (κ3) is 3.82. The number of benzene rings is 1. The van der Waals surface area contributed by atoms with Crippen molar-refractivity contribution in [2.24, 2.45) is 0 Å². The van der Waals surface area contributed by atoms with Gasteiger partial charge in [-0.25, -0.2) is 0 Å². The van der Waals surface area contributed by atoms with Crippen LogP contribution >= 0.6 is 22.6 Å². The summed E-state index contributed by atoms with van der Waals surface area (Å²) in [7, 11) is 0. The van der Waals surface area contributed by atoms with Gasteiger partial charge in [0.2, 0.25) is 0 Å². The normalized spacial score (nSPS) is 23.2. The summed E-state index contributed by atoms with van der Waals surface area (Å²) in [4.78, 5) is 14.1. The van der Waals surface area contributed by atoms with E-state index in [4.69, 9.17) is 4.74 Å². The number of ether oxygens (including phenoxy) is 1. The molecule has 1 aromatic carbocycles. The average Bonchev–Trinajstić information content (AvgIpc) is 2.41. The second-order valence-corrected chi connectivity index (χ2v) is 6.06. The Morgan fingerprint density at radius 1 is 1.42 bits per heavy atom. The Bertz CT molecular complexity index is 436. The number of rotatable bonds is 3. The molecule has 5 heteroatoms. The minimum atomic E-state index is 0.0550. The molecule has 1 aromatic rings. The molecule has 0 radical (unpaired) electrons. The van der Waals surface area contributed by atoms with E-state index in [-0.39, 0.29) is 18.6 Å². The Balaban J connectivity index is 1.88. The van der Waals surface area contributed by atoms with Crippen LogP contribution in [0.5, 0.6) is 5.75 Å². The molecule has 1 aliphatic rings. The van der Waals surface area contributed by atoms with Crippen LogP contribution in [0.1, 0.15) is 13.8 Å². The molecule has 0 bridgehead atoms. The quantitative estimate of drug-likeness (QED) is 0.822. The maximum absolute atomic E-state index is 12.2. The minimum absolute atomic E-state index is 0.0550. The van der Waals surface area contributed by atoms with Crippen molar-refractivity contribution in [2.45, 2.75) is 25.9 Å². The molecule has 0 saturated carbocycles. The van der Waals surface area contributed by atoms with Gasteiger partial charge in [-0.1, -0.05) is 0 Å². The summed E-state index contributed by atoms with van der Waals surface area (Å²) in [5.41, 5.74) is 0. The van der Waals surface area contributed by atoms with Crippen LogP contribution in [0.4, 0.5) is 0 Å². The van der Waals surface area contributed by atoms with Gasteiger partial charge in [0, 0.05) is 28.7 Å². The SMILES string of the molecule is CC1NCCN(C(=O)COc2ccc(I)cc2)C1C. The molecule has 19 heavy (non-hydrogen) atoms. The summed E-state index contributed by atoms with van der Waals surface area (Å²) < 4.78 is 6.70. The van der Waals surface area contributed by atoms with Crippen LogP contribution in [-0.2, 0) is 4.79 Å². The summed E-state index contributed by atoms with van der Waals surface area (Å²) >= 11 is 2.24. The number of piperazine rings is 1. The summed E-state index contributed by atoms with van der Waals surface area (Å²) in [5, 5.41) is 3.36. The highest BCUT2D eigenvalue weighted by atomic mass is 127. The lowest BCUT2D eigenvalue weighted by atomic mass is 10.1. The van der Waals surface area contributed by atoms with Crippen molar-refractivity contribution in [1.29, 1.82) is 0 Å². The van der Waals surface area contributed by atoms with Crippen LogP contribution in [-0.4, -0.2) is 42.6 Å². The number of carbonyl (C=O) groups is 1. The largest absolute Gasteiger partial charge is 0.484 e. The van der Waals surface area contributed by atoms with Crippen LogP contribution in [0.2, 0.25) is 0 Å². The molecule has 1 aliphatic heterocycles. The number of nitrogens with one attached hydrogen (secondary N) is 1. The van der Waals surface area contributed by atoms with Crippen LogP contribution < -0.4 is 10.1 Å². The molecule has 1 N–H and O–H groups in total. The van der Waals surface area contributed by atoms with E-state index in [0.717, 1.165) is 22.4 Å². The predicted molar refractivity (Wildman–Crippen MR) is 83.3 cm³/mol. The zero-order chi connectivity index (χ0) is 13.8. The van der Waals surface area contributed by atoms with E-state index >= 15 is 0 Å². The minimum Gasteiger partial charge on any atom is -0.484 e. The van der Waals surface area contributed by atoms with Gasteiger partial charge in [-0.3, -0.25) is 4.79 Å². The molecule has 1 saturated heterocycles. The third-order valence-corrected chi connectivity index (χ3v) is 4.25. The zero-order valence-corrected chi connectivity index (χ0v) is 13.4. The Morgan fingerprint density at radius 2 is 2.11 bits per heavy atom. The highest BCUT2D eigenvalue weighted by Crippen LogP contribution is 2.14. The fourth-order valence-electron chi connectivity index (χ4n) is 2.17. The third-order valence-electron chi connectivity index (χ3n) is 3.53. The van der Waals surface area contributed by atoms with E-state index in [1.54, 1.807) is 0 Å². The number of nitrogens with zero attached hydrogens (tertiary/aromatic N) is 1. The Labute approximate surface area is 127 Å². The van der Waals surface area contributed by atoms with Crippen molar-refractivity contribution < 1.29 is 9.53 Å². The van der Waals surface area contributed by atoms with Crippen molar-refractivity contribution in [3.63, 3.8) is 0 Å². The van der Waals surface area contributed by atoms with E-state index in [9.17, 15) is 4.79 Å². The van der Waals surface area contributed by atoms with Crippen molar-refractivity contribution in [2.75, 3.05) is 19.7 Å². The topological polar surface area (TPSA) is 41.6 Å². The van der Waals surface area contributed by atoms with Gasteiger partial charge in [-0.15, -0.1) is 0 Å². The lowest BCUT2D eigenvalue weighted by Gasteiger charge is -2.38. The molecule has 2 atom stereocenters. The van der Waals surface area contributed by atoms with Gasteiger partial charge in [-0.05, 0) is 60.7 Å². The average molecular weight is 374 g/mol. The summed E-state index contributed by atoms with van der Waals surface area (Å²) in [6.07, 6.45) is 0. The molecule has 4 nitrogen and oxygen atoms in total. The highest BCUT2D eigenvalue weighted by molar-refractivity contribution is 14.1. The first kappa shape index (κ1) is 14.6. The van der Waals surface area contributed by atoms with Crippen molar-refractivity contribution in [3.8, 4) is 5.75 Å². The molecular formula is C14H19IN2O2. The van der Waals surface area contributed by atoms with Gasteiger partial charge in [0.05, 0.1) is 0 Å². The summed E-state index contributed by atoms with van der Waals surface area (Å²) in [5.74, 6) is 0.795. The molecule has 1 fully saturated rings. The maximum atomic E-state index is 12.2. The monoisotopic (exact) mass is 374 g/mol. The van der Waals surface area contributed by atoms with Crippen LogP contribution in [0.3, 0.4) is 0 Å². The van der Waals surface area contributed by atoms with Gasteiger partial charge in [-0.2, -0.15) is 0 Å². The Kier molecular flexibility index (Phi) is 5.04. The van der Waals surface area contributed by atoms with E-state index in [0.29, 0.717) is 6.04 Å². The summed E-state index contributed by atoms with van der Waals surface area (Å²) in [6, 6.07) is 8.25. The number of halogens is 1. The van der Waals surface area contributed by atoms with Gasteiger partial charge >= 0.3 is 0 Å². The second kappa shape index (κ2) is 6.56. The molecule has 1 heterocycles. The van der Waals surface area contributed by atoms with E-state index in [2.05, 4.69) is 41.8 Å². The Hall–Kier alpha value is -0.820. The van der Waals surface area contributed by atoms with Crippen molar-refractivity contribution in [3.05, 3.63) is 27.8 Å². The molecule has 2 unspecified atom stereocenters. The molecule has 104 valence electrons. The first-order chi connectivity index (χ1) is 9.08. The van der Waals surface area contributed by atoms with Gasteiger partial charge in [0.15, 0.2) is 6.61 Å². The van der Waals surface area contributed by atoms with Crippen LogP contribution in [0, 0.1) is 3.57 Å². The number of hydrogen-bond acceptors (Lipinski definition) is 3. The molecule has 0 aliphatic carbocycles. The van der Waals surface area contributed by atoms with E-state index < -0.39 is 0 Å². The first-order valence-electron chi connectivity index (χ1n) is 6.49. The molecule has 1 amide bonds. The zero-order valence-electron chi connectivity index (χ0n) is 11.2.